The van der Waals surface area contributed by atoms with Gasteiger partial charge in [0.1, 0.15) is 0 Å². The summed E-state index contributed by atoms with van der Waals surface area (Å²) in [5, 5.41) is 11.9. The number of nitrogens with one attached hydrogen (secondary N) is 1. The molecule has 0 aliphatic rings. The maximum Gasteiger partial charge on any atom is 1.00 e. The second-order valence-corrected chi connectivity index (χ2v) is 5.12. The zero-order valence-electron chi connectivity index (χ0n) is 12.1. The maximum atomic E-state index is 12.0. The third kappa shape index (κ3) is 5.11. The first-order valence-corrected chi connectivity index (χ1v) is 7.06. The first-order chi connectivity index (χ1) is 8.47. The molecule has 100 valence electrons. The van der Waals surface area contributed by atoms with Gasteiger partial charge in [-0.2, -0.15) is 11.8 Å². The van der Waals surface area contributed by atoms with E-state index < -0.39 is 11.9 Å². The van der Waals surface area contributed by atoms with Crippen LogP contribution in [0.3, 0.4) is 0 Å². The maximum absolute atomic E-state index is 12.0. The van der Waals surface area contributed by atoms with E-state index in [-0.39, 0.29) is 42.5 Å². The Bertz CT molecular complexity index is 476. The molecule has 19 heavy (non-hydrogen) atoms. The number of hydrogen-bond acceptors (Lipinski definition) is 3. The molecule has 2 N–H and O–H groups in total. The number of benzene rings is 1. The predicted octanol–water partition coefficient (Wildman–Crippen LogP) is -0.364. The molecular weight excluding hydrogens is 281 g/mol. The smallest absolute Gasteiger partial charge is 1.00 e. The van der Waals surface area contributed by atoms with E-state index in [0.717, 1.165) is 5.75 Å². The van der Waals surface area contributed by atoms with Gasteiger partial charge in [-0.1, -0.05) is 17.7 Å². The number of carbonyl (C=O) groups is 2. The summed E-state index contributed by atoms with van der Waals surface area (Å²) in [4.78, 5) is 23.1. The number of carboxylic acid groups (broad SMARTS) is 1. The molecule has 0 bridgehead atoms. The van der Waals surface area contributed by atoms with Gasteiger partial charge in [0, 0.05) is 11.8 Å². The van der Waals surface area contributed by atoms with Crippen molar-refractivity contribution in [3.05, 3.63) is 34.3 Å². The Hall–Kier alpha value is -0.603. The molecule has 0 unspecified atom stereocenters. The molecule has 0 aliphatic carbocycles. The number of thioether (sulfide) groups is 1. The second kappa shape index (κ2) is 8.54. The Morgan fingerprint density at radius 2 is 2.16 bits per heavy atom. The van der Waals surface area contributed by atoms with Crippen LogP contribution in [0.4, 0.5) is 0 Å². The largest absolute Gasteiger partial charge is 1.00 e. The first-order valence-electron chi connectivity index (χ1n) is 5.29. The summed E-state index contributed by atoms with van der Waals surface area (Å²) in [5.74, 6) is -0.877. The number of hydrogen-bond donors (Lipinski definition) is 2. The van der Waals surface area contributed by atoms with Gasteiger partial charge in [-0.05, 0) is 25.3 Å². The summed E-state index contributed by atoms with van der Waals surface area (Å²) in [6, 6.07) is 4.32. The number of halogens is 1. The van der Waals surface area contributed by atoms with Crippen molar-refractivity contribution >= 4 is 35.2 Å². The third-order valence-corrected chi connectivity index (χ3v) is 3.41. The molecule has 4 nitrogen and oxygen atoms in total. The van der Waals surface area contributed by atoms with Crippen LogP contribution in [0.2, 0.25) is 5.02 Å². The zero-order valence-corrected chi connectivity index (χ0v) is 12.6. The van der Waals surface area contributed by atoms with Crippen LogP contribution in [0.25, 0.3) is 0 Å². The topological polar surface area (TPSA) is 66.4 Å². The molecule has 0 heterocycles. The van der Waals surface area contributed by atoms with Crippen molar-refractivity contribution in [3.63, 3.8) is 0 Å². The van der Waals surface area contributed by atoms with Gasteiger partial charge < -0.3 is 11.8 Å². The van der Waals surface area contributed by atoms with Crippen LogP contribution < -0.4 is 24.2 Å². The van der Waals surface area contributed by atoms with E-state index in [9.17, 15) is 9.59 Å². The fraction of sp³-hybridized carbons (Fsp3) is 0.333. The predicted molar refractivity (Wildman–Crippen MR) is 74.8 cm³/mol. The number of carbonyl (C=O) groups excluding carboxylic acids is 1. The van der Waals surface area contributed by atoms with Crippen LogP contribution in [0.15, 0.2) is 18.2 Å². The average molecular weight is 296 g/mol. The van der Waals surface area contributed by atoms with Crippen LogP contribution >= 0.6 is 23.4 Å². The molecule has 1 aromatic carbocycles. The van der Waals surface area contributed by atoms with Crippen molar-refractivity contribution in [1.82, 2.24) is 5.32 Å². The number of amides is 1. The first kappa shape index (κ1) is 18.4. The summed E-state index contributed by atoms with van der Waals surface area (Å²) in [6.07, 6.45) is 1.93. The summed E-state index contributed by atoms with van der Waals surface area (Å²) in [6.45, 7) is 1.85. The normalized spacial score (nSPS) is 11.3. The minimum atomic E-state index is -1.17. The van der Waals surface area contributed by atoms with Crippen molar-refractivity contribution in [1.29, 1.82) is 0 Å². The van der Waals surface area contributed by atoms with E-state index in [4.69, 9.17) is 16.7 Å². The number of carboxylic acids is 1. The van der Waals surface area contributed by atoms with Crippen molar-refractivity contribution in [3.8, 4) is 0 Å². The Balaban J connectivity index is 0. The Morgan fingerprint density at radius 1 is 1.53 bits per heavy atom. The third-order valence-electron chi connectivity index (χ3n) is 2.27. The van der Waals surface area contributed by atoms with Gasteiger partial charge in [0.05, 0.1) is 16.1 Å². The molecule has 0 radical (unpaired) electrons. The molecular formula is C12H15ClLiNO3S. The van der Waals surface area contributed by atoms with Gasteiger partial charge in [-0.25, -0.2) is 4.79 Å². The van der Waals surface area contributed by atoms with Crippen LogP contribution in [-0.2, 0) is 0 Å². The zero-order chi connectivity index (χ0) is 13.7. The Kier molecular flexibility index (Phi) is 8.27. The molecule has 0 saturated heterocycles. The van der Waals surface area contributed by atoms with E-state index in [1.807, 2.05) is 13.2 Å². The Morgan fingerprint density at radius 3 is 2.68 bits per heavy atom. The van der Waals surface area contributed by atoms with Gasteiger partial charge in [-0.15, -0.1) is 0 Å². The van der Waals surface area contributed by atoms with Crippen LogP contribution in [0, 0.1) is 0 Å². The van der Waals surface area contributed by atoms with Crippen LogP contribution in [-0.4, -0.2) is 35.0 Å². The van der Waals surface area contributed by atoms with Gasteiger partial charge in [0.2, 0.25) is 0 Å². The van der Waals surface area contributed by atoms with E-state index in [1.165, 1.54) is 18.2 Å². The van der Waals surface area contributed by atoms with E-state index in [1.54, 1.807) is 11.8 Å². The van der Waals surface area contributed by atoms with Crippen molar-refractivity contribution in [2.24, 2.45) is 0 Å². The molecule has 1 atom stereocenters. The summed E-state index contributed by atoms with van der Waals surface area (Å²) in [7, 11) is 0. The minimum Gasteiger partial charge on any atom is -1.00 e. The van der Waals surface area contributed by atoms with E-state index in [2.05, 4.69) is 5.32 Å². The van der Waals surface area contributed by atoms with Crippen molar-refractivity contribution in [2.45, 2.75) is 13.0 Å². The van der Waals surface area contributed by atoms with E-state index in [0.29, 0.717) is 0 Å². The summed E-state index contributed by atoms with van der Waals surface area (Å²) < 4.78 is 0. The van der Waals surface area contributed by atoms with Crippen molar-refractivity contribution < 1.29 is 35.0 Å². The number of rotatable bonds is 5. The fourth-order valence-electron chi connectivity index (χ4n) is 1.52. The molecule has 1 rings (SSSR count). The van der Waals surface area contributed by atoms with Gasteiger partial charge >= 0.3 is 24.8 Å². The molecule has 1 amide bonds. The Labute approximate surface area is 134 Å². The second-order valence-electron chi connectivity index (χ2n) is 3.80. The van der Waals surface area contributed by atoms with Crippen LogP contribution in [0.1, 0.15) is 29.1 Å². The summed E-state index contributed by atoms with van der Waals surface area (Å²) in [5.41, 5.74) is -0.0732. The summed E-state index contributed by atoms with van der Waals surface area (Å²) >= 11 is 7.50. The molecule has 1 aromatic rings. The van der Waals surface area contributed by atoms with Crippen molar-refractivity contribution in [2.75, 3.05) is 12.0 Å². The molecule has 7 heteroatoms. The van der Waals surface area contributed by atoms with Crippen LogP contribution in [0.5, 0.6) is 0 Å². The van der Waals surface area contributed by atoms with E-state index >= 15 is 0 Å². The molecule has 0 saturated carbocycles. The molecule has 0 fully saturated rings. The number of aromatic carboxylic acids is 1. The molecule has 0 aliphatic heterocycles. The average Bonchev–Trinajstić information content (AvgIpc) is 2.28. The standard InChI is InChI=1S/C12H14ClNO3S.Li.H/c1-7(6-18-2)14-11(15)10-8(12(16)17)4-3-5-9(10)13;;/h3-5,7H,6H2,1-2H3,(H,14,15)(H,16,17);;/q;+1;-1/t7-;;/m0../s1. The minimum absolute atomic E-state index is 0. The molecule has 0 aromatic heterocycles. The molecule has 0 spiro atoms. The fourth-order valence-corrected chi connectivity index (χ4v) is 2.36. The van der Waals surface area contributed by atoms with Gasteiger partial charge in [-0.3, -0.25) is 4.79 Å². The van der Waals surface area contributed by atoms with Gasteiger partial charge in [0.25, 0.3) is 5.91 Å². The SMILES string of the molecule is CSC[C@H](C)NC(=O)c1c(Cl)cccc1C(=O)O.[H-].[Li+]. The van der Waals surface area contributed by atoms with Gasteiger partial charge in [0.15, 0.2) is 0 Å². The quantitative estimate of drug-likeness (QED) is 0.728. The monoisotopic (exact) mass is 295 g/mol.